The number of anilines is 1. The van der Waals surface area contributed by atoms with Gasteiger partial charge in [-0.2, -0.15) is 0 Å². The summed E-state index contributed by atoms with van der Waals surface area (Å²) in [6.07, 6.45) is 1.72. The van der Waals surface area contributed by atoms with Crippen LogP contribution < -0.4 is 4.90 Å². The zero-order valence-electron chi connectivity index (χ0n) is 14.1. The molecule has 3 heterocycles. The third-order valence-electron chi connectivity index (χ3n) is 4.14. The minimum absolute atomic E-state index is 0.231. The Morgan fingerprint density at radius 2 is 1.91 bits per heavy atom. The number of rotatable bonds is 2. The number of carbonyl (C=O) groups is 1. The van der Waals surface area contributed by atoms with Crippen molar-refractivity contribution in [2.24, 2.45) is 0 Å². The molecule has 1 amide bonds. The van der Waals surface area contributed by atoms with Gasteiger partial charge in [-0.3, -0.25) is 0 Å². The number of piperazine rings is 1. The average molecular weight is 319 g/mol. The van der Waals surface area contributed by atoms with Crippen molar-refractivity contribution in [3.05, 3.63) is 23.9 Å². The van der Waals surface area contributed by atoms with Crippen LogP contribution in [0.4, 0.5) is 10.6 Å². The lowest BCUT2D eigenvalue weighted by Gasteiger charge is -2.36. The highest BCUT2D eigenvalue weighted by Crippen LogP contribution is 2.25. The van der Waals surface area contributed by atoms with Crippen LogP contribution in [0.5, 0.6) is 0 Å². The zero-order valence-corrected chi connectivity index (χ0v) is 14.1. The molecule has 3 rings (SSSR count). The normalized spacial score (nSPS) is 19.4. The molecule has 2 aliphatic rings. The molecule has 0 aliphatic carbocycles. The second-order valence-corrected chi connectivity index (χ2v) is 7.14. The number of aromatic nitrogens is 1. The standard InChI is InChI=1S/C17H25N3O3/c1-17(2,3)23-16(21)20-8-6-19(7-9-20)15-5-4-13(10-18-15)14-11-22-12-14/h4-5,10,14H,6-9,11-12H2,1-3H3. The molecular formula is C17H25N3O3. The molecule has 1 aromatic heterocycles. The Morgan fingerprint density at radius 3 is 2.39 bits per heavy atom. The van der Waals surface area contributed by atoms with Gasteiger partial charge in [-0.05, 0) is 32.4 Å². The fraction of sp³-hybridized carbons (Fsp3) is 0.647. The first-order chi connectivity index (χ1) is 10.9. The Bertz CT molecular complexity index is 541. The summed E-state index contributed by atoms with van der Waals surface area (Å²) in [4.78, 5) is 20.6. The number of amides is 1. The number of carbonyl (C=O) groups excluding carboxylic acids is 1. The second kappa shape index (κ2) is 6.35. The van der Waals surface area contributed by atoms with Crippen LogP contribution in [0.2, 0.25) is 0 Å². The van der Waals surface area contributed by atoms with E-state index in [1.165, 1.54) is 5.56 Å². The molecule has 0 unspecified atom stereocenters. The van der Waals surface area contributed by atoms with Crippen LogP contribution in [0, 0.1) is 0 Å². The third-order valence-corrected chi connectivity index (χ3v) is 4.14. The number of nitrogens with zero attached hydrogens (tertiary/aromatic N) is 3. The first kappa shape index (κ1) is 16.1. The largest absolute Gasteiger partial charge is 0.444 e. The highest BCUT2D eigenvalue weighted by atomic mass is 16.6. The molecule has 6 nitrogen and oxygen atoms in total. The van der Waals surface area contributed by atoms with E-state index in [-0.39, 0.29) is 6.09 Å². The predicted octanol–water partition coefficient (Wildman–Crippen LogP) is 2.25. The topological polar surface area (TPSA) is 54.9 Å². The molecule has 2 aliphatic heterocycles. The Kier molecular flexibility index (Phi) is 4.43. The molecule has 0 N–H and O–H groups in total. The van der Waals surface area contributed by atoms with Crippen LogP contribution in [0.15, 0.2) is 18.3 Å². The van der Waals surface area contributed by atoms with Crippen LogP contribution in [-0.4, -0.2) is 61.0 Å². The third kappa shape index (κ3) is 3.93. The van der Waals surface area contributed by atoms with E-state index in [1.54, 1.807) is 4.90 Å². The molecular weight excluding hydrogens is 294 g/mol. The van der Waals surface area contributed by atoms with E-state index in [1.807, 2.05) is 27.0 Å². The van der Waals surface area contributed by atoms with Crippen molar-refractivity contribution in [3.8, 4) is 0 Å². The molecule has 0 bridgehead atoms. The van der Waals surface area contributed by atoms with Crippen LogP contribution in [0.25, 0.3) is 0 Å². The Morgan fingerprint density at radius 1 is 1.22 bits per heavy atom. The summed E-state index contributed by atoms with van der Waals surface area (Å²) < 4.78 is 10.6. The fourth-order valence-corrected chi connectivity index (χ4v) is 2.70. The zero-order chi connectivity index (χ0) is 16.4. The highest BCUT2D eigenvalue weighted by Gasteiger charge is 2.26. The van der Waals surface area contributed by atoms with Gasteiger partial charge < -0.3 is 19.3 Å². The van der Waals surface area contributed by atoms with Gasteiger partial charge in [0.1, 0.15) is 11.4 Å². The predicted molar refractivity (Wildman–Crippen MR) is 87.8 cm³/mol. The van der Waals surface area contributed by atoms with Gasteiger partial charge in [-0.15, -0.1) is 0 Å². The summed E-state index contributed by atoms with van der Waals surface area (Å²) in [5, 5.41) is 0. The van der Waals surface area contributed by atoms with Gasteiger partial charge >= 0.3 is 6.09 Å². The van der Waals surface area contributed by atoms with Crippen LogP contribution in [-0.2, 0) is 9.47 Å². The van der Waals surface area contributed by atoms with Gasteiger partial charge in [-0.25, -0.2) is 9.78 Å². The van der Waals surface area contributed by atoms with E-state index in [0.717, 1.165) is 32.1 Å². The van der Waals surface area contributed by atoms with Crippen LogP contribution >= 0.6 is 0 Å². The number of ether oxygens (including phenoxy) is 2. The molecule has 126 valence electrons. The van der Waals surface area contributed by atoms with E-state index in [0.29, 0.717) is 19.0 Å². The minimum atomic E-state index is -0.448. The quantitative estimate of drug-likeness (QED) is 0.837. The number of pyridine rings is 1. The van der Waals surface area contributed by atoms with Crippen molar-refractivity contribution >= 4 is 11.9 Å². The van der Waals surface area contributed by atoms with Crippen LogP contribution in [0.3, 0.4) is 0 Å². The van der Waals surface area contributed by atoms with E-state index >= 15 is 0 Å². The summed E-state index contributed by atoms with van der Waals surface area (Å²) in [5.74, 6) is 1.47. The maximum absolute atomic E-state index is 12.1. The smallest absolute Gasteiger partial charge is 0.410 e. The van der Waals surface area contributed by atoms with Gasteiger partial charge in [0.25, 0.3) is 0 Å². The first-order valence-corrected chi connectivity index (χ1v) is 8.19. The summed E-state index contributed by atoms with van der Waals surface area (Å²) in [5.41, 5.74) is 0.795. The summed E-state index contributed by atoms with van der Waals surface area (Å²) in [7, 11) is 0. The van der Waals surface area contributed by atoms with Crippen molar-refractivity contribution in [1.29, 1.82) is 0 Å². The maximum Gasteiger partial charge on any atom is 0.410 e. The van der Waals surface area contributed by atoms with Crippen molar-refractivity contribution in [3.63, 3.8) is 0 Å². The molecule has 0 atom stereocenters. The number of hydrogen-bond donors (Lipinski definition) is 0. The van der Waals surface area contributed by atoms with Gasteiger partial charge in [0.15, 0.2) is 0 Å². The first-order valence-electron chi connectivity index (χ1n) is 8.19. The van der Waals surface area contributed by atoms with Gasteiger partial charge in [0.2, 0.25) is 0 Å². The van der Waals surface area contributed by atoms with Gasteiger partial charge in [-0.1, -0.05) is 6.07 Å². The summed E-state index contributed by atoms with van der Waals surface area (Å²) in [6, 6.07) is 4.20. The van der Waals surface area contributed by atoms with Crippen molar-refractivity contribution in [2.75, 3.05) is 44.3 Å². The maximum atomic E-state index is 12.1. The molecule has 2 saturated heterocycles. The molecule has 6 heteroatoms. The minimum Gasteiger partial charge on any atom is -0.444 e. The Labute approximate surface area is 137 Å². The lowest BCUT2D eigenvalue weighted by molar-refractivity contribution is 0.00829. The second-order valence-electron chi connectivity index (χ2n) is 7.14. The molecule has 0 spiro atoms. The Balaban J connectivity index is 1.53. The molecule has 23 heavy (non-hydrogen) atoms. The fourth-order valence-electron chi connectivity index (χ4n) is 2.70. The molecule has 0 aromatic carbocycles. The number of hydrogen-bond acceptors (Lipinski definition) is 5. The van der Waals surface area contributed by atoms with E-state index in [2.05, 4.69) is 22.0 Å². The average Bonchev–Trinajstić information content (AvgIpc) is 2.45. The SMILES string of the molecule is CC(C)(C)OC(=O)N1CCN(c2ccc(C3COC3)cn2)CC1. The van der Waals surface area contributed by atoms with Crippen molar-refractivity contribution in [1.82, 2.24) is 9.88 Å². The van der Waals surface area contributed by atoms with E-state index in [9.17, 15) is 4.79 Å². The summed E-state index contributed by atoms with van der Waals surface area (Å²) >= 11 is 0. The lowest BCUT2D eigenvalue weighted by Crippen LogP contribution is -2.50. The van der Waals surface area contributed by atoms with Gasteiger partial charge in [0, 0.05) is 38.3 Å². The van der Waals surface area contributed by atoms with E-state index < -0.39 is 5.60 Å². The molecule has 0 saturated carbocycles. The lowest BCUT2D eigenvalue weighted by atomic mass is 10.00. The molecule has 1 aromatic rings. The van der Waals surface area contributed by atoms with Crippen molar-refractivity contribution < 1.29 is 14.3 Å². The van der Waals surface area contributed by atoms with Crippen LogP contribution in [0.1, 0.15) is 32.3 Å². The molecule has 0 radical (unpaired) electrons. The molecule has 2 fully saturated rings. The van der Waals surface area contributed by atoms with E-state index in [4.69, 9.17) is 9.47 Å². The Hall–Kier alpha value is -1.82. The van der Waals surface area contributed by atoms with Crippen molar-refractivity contribution in [2.45, 2.75) is 32.3 Å². The summed E-state index contributed by atoms with van der Waals surface area (Å²) in [6.45, 7) is 10.1. The van der Waals surface area contributed by atoms with Gasteiger partial charge in [0.05, 0.1) is 13.2 Å². The highest BCUT2D eigenvalue weighted by molar-refractivity contribution is 5.68. The monoisotopic (exact) mass is 319 g/mol.